The molecule has 116 valence electrons. The first-order valence-electron chi connectivity index (χ1n) is 7.50. The average molecular weight is 292 g/mol. The molecule has 1 unspecified atom stereocenters. The van der Waals surface area contributed by atoms with Crippen molar-refractivity contribution in [1.29, 1.82) is 0 Å². The van der Waals surface area contributed by atoms with Crippen LogP contribution in [0.25, 0.3) is 0 Å². The summed E-state index contributed by atoms with van der Waals surface area (Å²) >= 11 is 0. The molecular weight excluding hydrogens is 258 g/mol. The van der Waals surface area contributed by atoms with Crippen LogP contribution in [0.2, 0.25) is 12.6 Å². The zero-order chi connectivity index (χ0) is 14.6. The predicted molar refractivity (Wildman–Crippen MR) is 83.4 cm³/mol. The van der Waals surface area contributed by atoms with Crippen LogP contribution in [-0.4, -0.2) is 48.0 Å². The summed E-state index contributed by atoms with van der Waals surface area (Å²) in [5, 5.41) is 3.45. The molecule has 5 N–H and O–H groups in total. The molecule has 0 heterocycles. The molecule has 0 saturated carbocycles. The highest BCUT2D eigenvalue weighted by molar-refractivity contribution is 6.66. The van der Waals surface area contributed by atoms with Crippen molar-refractivity contribution in [1.82, 2.24) is 5.32 Å². The summed E-state index contributed by atoms with van der Waals surface area (Å²) in [4.78, 5) is 0. The molecular formula is C13H33N3O2Si. The van der Waals surface area contributed by atoms with E-state index < -0.39 is 8.56 Å². The van der Waals surface area contributed by atoms with Crippen LogP contribution >= 0.6 is 0 Å². The number of nitrogens with one attached hydrogen (secondary N) is 1. The van der Waals surface area contributed by atoms with Gasteiger partial charge in [0.15, 0.2) is 0 Å². The number of hydrogen-bond donors (Lipinski definition) is 3. The third kappa shape index (κ3) is 9.54. The quantitative estimate of drug-likeness (QED) is 0.349. The summed E-state index contributed by atoms with van der Waals surface area (Å²) in [6.45, 7) is 11.0. The first-order valence-corrected chi connectivity index (χ1v) is 10.0. The molecule has 6 heteroatoms. The fraction of sp³-hybridized carbons (Fsp3) is 1.00. The molecule has 0 spiro atoms. The Balaban J connectivity index is 3.75. The van der Waals surface area contributed by atoms with Crippen LogP contribution in [0.3, 0.4) is 0 Å². The first kappa shape index (κ1) is 19.0. The van der Waals surface area contributed by atoms with Crippen molar-refractivity contribution in [3.8, 4) is 0 Å². The number of nitrogens with two attached hydrogens (primary N) is 2. The minimum Gasteiger partial charge on any atom is -0.395 e. The molecule has 19 heavy (non-hydrogen) atoms. The summed E-state index contributed by atoms with van der Waals surface area (Å²) in [6.07, 6.45) is 2.08. The van der Waals surface area contributed by atoms with E-state index in [1.807, 2.05) is 13.8 Å². The molecule has 0 rings (SSSR count). The van der Waals surface area contributed by atoms with Crippen molar-refractivity contribution in [3.63, 3.8) is 0 Å². The molecule has 5 nitrogen and oxygen atoms in total. The van der Waals surface area contributed by atoms with Gasteiger partial charge < -0.3 is 25.6 Å². The second-order valence-corrected chi connectivity index (χ2v) is 8.33. The van der Waals surface area contributed by atoms with Crippen molar-refractivity contribution in [3.05, 3.63) is 0 Å². The largest absolute Gasteiger partial charge is 0.395 e. The summed E-state index contributed by atoms with van der Waals surface area (Å²) in [7, 11) is -1.93. The SMILES string of the molecule is CCO[Si](C)(CCCNCC(CN)CCN)OCC. The molecule has 0 aliphatic heterocycles. The van der Waals surface area contributed by atoms with E-state index in [4.69, 9.17) is 20.3 Å². The van der Waals surface area contributed by atoms with Crippen molar-refractivity contribution in [2.24, 2.45) is 17.4 Å². The maximum Gasteiger partial charge on any atom is 0.334 e. The van der Waals surface area contributed by atoms with Crippen LogP contribution in [-0.2, 0) is 8.85 Å². The minimum absolute atomic E-state index is 0.493. The molecule has 0 radical (unpaired) electrons. The van der Waals surface area contributed by atoms with Crippen LogP contribution in [0, 0.1) is 5.92 Å². The van der Waals surface area contributed by atoms with Gasteiger partial charge >= 0.3 is 8.56 Å². The van der Waals surface area contributed by atoms with Gasteiger partial charge in [0.25, 0.3) is 0 Å². The maximum atomic E-state index is 5.81. The third-order valence-corrected chi connectivity index (χ3v) is 6.29. The molecule has 0 saturated heterocycles. The smallest absolute Gasteiger partial charge is 0.334 e. The Kier molecular flexibility index (Phi) is 11.8. The van der Waals surface area contributed by atoms with Crippen molar-refractivity contribution in [2.45, 2.75) is 39.3 Å². The Morgan fingerprint density at radius 3 is 2.26 bits per heavy atom. The monoisotopic (exact) mass is 291 g/mol. The molecule has 0 aromatic heterocycles. The van der Waals surface area contributed by atoms with Gasteiger partial charge in [0, 0.05) is 13.2 Å². The van der Waals surface area contributed by atoms with Crippen LogP contribution < -0.4 is 16.8 Å². The van der Waals surface area contributed by atoms with Crippen molar-refractivity contribution >= 4 is 8.56 Å². The van der Waals surface area contributed by atoms with Crippen molar-refractivity contribution in [2.75, 3.05) is 39.4 Å². The Bertz CT molecular complexity index is 202. The maximum absolute atomic E-state index is 5.81. The normalized spacial score (nSPS) is 13.7. The second kappa shape index (κ2) is 11.8. The molecule has 0 amide bonds. The fourth-order valence-electron chi connectivity index (χ4n) is 2.18. The average Bonchev–Trinajstić information content (AvgIpc) is 2.37. The van der Waals surface area contributed by atoms with E-state index in [0.29, 0.717) is 19.0 Å². The van der Waals surface area contributed by atoms with Gasteiger partial charge in [0.05, 0.1) is 0 Å². The van der Waals surface area contributed by atoms with E-state index in [1.165, 1.54) is 0 Å². The molecule has 0 aliphatic rings. The summed E-state index contributed by atoms with van der Waals surface area (Å²) in [5.41, 5.74) is 11.2. The van der Waals surface area contributed by atoms with E-state index in [0.717, 1.165) is 45.2 Å². The van der Waals surface area contributed by atoms with Gasteiger partial charge in [-0.05, 0) is 71.4 Å². The molecule has 0 aromatic carbocycles. The van der Waals surface area contributed by atoms with Crippen LogP contribution in [0.5, 0.6) is 0 Å². The highest BCUT2D eigenvalue weighted by Crippen LogP contribution is 2.15. The Morgan fingerprint density at radius 2 is 1.79 bits per heavy atom. The topological polar surface area (TPSA) is 82.5 Å². The van der Waals surface area contributed by atoms with Gasteiger partial charge in [-0.15, -0.1) is 0 Å². The third-order valence-electron chi connectivity index (χ3n) is 3.23. The van der Waals surface area contributed by atoms with E-state index in [9.17, 15) is 0 Å². The van der Waals surface area contributed by atoms with E-state index >= 15 is 0 Å². The van der Waals surface area contributed by atoms with E-state index in [2.05, 4.69) is 11.9 Å². The zero-order valence-electron chi connectivity index (χ0n) is 12.9. The molecule has 0 aromatic rings. The highest BCUT2D eigenvalue weighted by atomic mass is 28.4. The van der Waals surface area contributed by atoms with Gasteiger partial charge in [-0.1, -0.05) is 0 Å². The number of rotatable bonds is 13. The zero-order valence-corrected chi connectivity index (χ0v) is 13.9. The Hall–Kier alpha value is 0.0169. The molecule has 0 bridgehead atoms. The van der Waals surface area contributed by atoms with Gasteiger partial charge in [0.1, 0.15) is 0 Å². The molecule has 0 fully saturated rings. The summed E-state index contributed by atoms with van der Waals surface area (Å²) in [6, 6.07) is 1.03. The first-order chi connectivity index (χ1) is 9.11. The lowest BCUT2D eigenvalue weighted by Gasteiger charge is -2.26. The Labute approximate surface area is 119 Å². The fourth-order valence-corrected chi connectivity index (χ4v) is 4.59. The number of hydrogen-bond acceptors (Lipinski definition) is 5. The lowest BCUT2D eigenvalue weighted by molar-refractivity contribution is 0.188. The summed E-state index contributed by atoms with van der Waals surface area (Å²) in [5.74, 6) is 0.493. The van der Waals surface area contributed by atoms with E-state index in [1.54, 1.807) is 0 Å². The molecule has 1 atom stereocenters. The predicted octanol–water partition coefficient (Wildman–Crippen LogP) is 1.03. The minimum atomic E-state index is -1.93. The second-order valence-electron chi connectivity index (χ2n) is 4.99. The van der Waals surface area contributed by atoms with Crippen LogP contribution in [0.4, 0.5) is 0 Å². The lowest BCUT2D eigenvalue weighted by Crippen LogP contribution is -2.39. The van der Waals surface area contributed by atoms with E-state index in [-0.39, 0.29) is 0 Å². The van der Waals surface area contributed by atoms with Gasteiger partial charge in [-0.3, -0.25) is 0 Å². The van der Waals surface area contributed by atoms with Gasteiger partial charge in [-0.2, -0.15) is 0 Å². The van der Waals surface area contributed by atoms with Crippen LogP contribution in [0.1, 0.15) is 26.7 Å². The summed E-state index contributed by atoms with van der Waals surface area (Å²) < 4.78 is 11.6. The van der Waals surface area contributed by atoms with Gasteiger partial charge in [-0.25, -0.2) is 0 Å². The van der Waals surface area contributed by atoms with Crippen LogP contribution in [0.15, 0.2) is 0 Å². The Morgan fingerprint density at radius 1 is 1.16 bits per heavy atom. The van der Waals surface area contributed by atoms with Crippen molar-refractivity contribution < 1.29 is 8.85 Å². The standard InChI is InChI=1S/C13H33N3O2Si/c1-4-17-19(3,18-5-2)10-6-9-16-12-13(11-15)7-8-14/h13,16H,4-12,14-15H2,1-3H3. The lowest BCUT2D eigenvalue weighted by atomic mass is 10.1. The molecule has 0 aliphatic carbocycles. The highest BCUT2D eigenvalue weighted by Gasteiger charge is 2.29. The van der Waals surface area contributed by atoms with Gasteiger partial charge in [0.2, 0.25) is 0 Å².